The lowest BCUT2D eigenvalue weighted by atomic mass is 10.00. The first-order valence-corrected chi connectivity index (χ1v) is 6.19. The molecule has 3 nitrogen and oxygen atoms in total. The summed E-state index contributed by atoms with van der Waals surface area (Å²) >= 11 is 5.88. The van der Waals surface area contributed by atoms with Crippen LogP contribution in [-0.2, 0) is 17.8 Å². The van der Waals surface area contributed by atoms with Crippen LogP contribution in [0.1, 0.15) is 24.5 Å². The van der Waals surface area contributed by atoms with E-state index in [4.69, 9.17) is 16.3 Å². The molecule has 94 valence electrons. The minimum atomic E-state index is -0.384. The number of hydrogen-bond acceptors (Lipinski definition) is 3. The molecule has 1 aliphatic rings. The van der Waals surface area contributed by atoms with Crippen molar-refractivity contribution in [2.24, 2.45) is 0 Å². The van der Waals surface area contributed by atoms with Crippen molar-refractivity contribution in [1.29, 1.82) is 0 Å². The molecule has 0 saturated carbocycles. The smallest absolute Gasteiger partial charge is 0.0824 e. The highest BCUT2D eigenvalue weighted by Crippen LogP contribution is 2.25. The van der Waals surface area contributed by atoms with E-state index in [1.54, 1.807) is 6.07 Å². The van der Waals surface area contributed by atoms with E-state index in [0.717, 1.165) is 11.1 Å². The molecule has 1 fully saturated rings. The van der Waals surface area contributed by atoms with Crippen molar-refractivity contribution >= 4 is 11.6 Å². The molecule has 1 aromatic carbocycles. The molecule has 0 aromatic heterocycles. The van der Waals surface area contributed by atoms with Crippen LogP contribution >= 0.6 is 11.6 Å². The van der Waals surface area contributed by atoms with Gasteiger partial charge in [-0.15, -0.1) is 0 Å². The average Bonchev–Trinajstić information content (AvgIpc) is 2.60. The lowest BCUT2D eigenvalue weighted by Crippen LogP contribution is -2.15. The summed E-state index contributed by atoms with van der Waals surface area (Å²) in [4.78, 5) is 0. The summed E-state index contributed by atoms with van der Waals surface area (Å²) in [5.41, 5.74) is 1.86. The molecule has 1 aliphatic heterocycles. The summed E-state index contributed by atoms with van der Waals surface area (Å²) < 4.78 is 5.64. The molecule has 0 amide bonds. The molecular weight excluding hydrogens is 240 g/mol. The molecular formula is C13H17ClO3. The molecule has 0 radical (unpaired) electrons. The van der Waals surface area contributed by atoms with Crippen LogP contribution in [0.4, 0.5) is 0 Å². The summed E-state index contributed by atoms with van der Waals surface area (Å²) in [6, 6.07) is 5.49. The standard InChI is InChI=1S/C13H17ClO3/c1-8-13(16)6-12(17-8)5-9-2-3-11(14)4-10(9)7-15/h2-4,8,12-13,15-16H,5-7H2,1H3/t8-,12+,13+/m0/s1. The molecule has 1 saturated heterocycles. The van der Waals surface area contributed by atoms with Crippen LogP contribution in [0, 0.1) is 0 Å². The van der Waals surface area contributed by atoms with Gasteiger partial charge in [0.05, 0.1) is 24.9 Å². The Hall–Kier alpha value is -0.610. The van der Waals surface area contributed by atoms with Crippen molar-refractivity contribution in [3.63, 3.8) is 0 Å². The molecule has 0 spiro atoms. The number of ether oxygens (including phenoxy) is 1. The average molecular weight is 257 g/mol. The molecule has 17 heavy (non-hydrogen) atoms. The van der Waals surface area contributed by atoms with Crippen molar-refractivity contribution in [2.45, 2.75) is 44.7 Å². The van der Waals surface area contributed by atoms with Crippen molar-refractivity contribution in [3.8, 4) is 0 Å². The fourth-order valence-electron chi connectivity index (χ4n) is 2.23. The minimum absolute atomic E-state index is 0.0199. The topological polar surface area (TPSA) is 49.7 Å². The molecule has 1 heterocycles. The number of aliphatic hydroxyl groups excluding tert-OH is 2. The van der Waals surface area contributed by atoms with E-state index < -0.39 is 0 Å². The third-order valence-corrected chi connectivity index (χ3v) is 3.47. The maximum Gasteiger partial charge on any atom is 0.0824 e. The van der Waals surface area contributed by atoms with Crippen LogP contribution in [0.5, 0.6) is 0 Å². The summed E-state index contributed by atoms with van der Waals surface area (Å²) in [7, 11) is 0. The zero-order chi connectivity index (χ0) is 12.4. The van der Waals surface area contributed by atoms with Gasteiger partial charge < -0.3 is 14.9 Å². The Kier molecular flexibility index (Phi) is 4.05. The molecule has 0 aliphatic carbocycles. The summed E-state index contributed by atoms with van der Waals surface area (Å²) in [5.74, 6) is 0. The first kappa shape index (κ1) is 12.8. The molecule has 0 bridgehead atoms. The SMILES string of the molecule is C[C@@H]1O[C@H](Cc2ccc(Cl)cc2CO)C[C@H]1O. The van der Waals surface area contributed by atoms with Gasteiger partial charge in [0.2, 0.25) is 0 Å². The highest BCUT2D eigenvalue weighted by molar-refractivity contribution is 6.30. The van der Waals surface area contributed by atoms with E-state index in [9.17, 15) is 10.2 Å². The van der Waals surface area contributed by atoms with E-state index in [1.165, 1.54) is 0 Å². The Labute approximate surface area is 106 Å². The van der Waals surface area contributed by atoms with E-state index in [1.807, 2.05) is 19.1 Å². The maximum absolute atomic E-state index is 9.62. The first-order chi connectivity index (χ1) is 8.10. The van der Waals surface area contributed by atoms with Crippen LogP contribution in [0.25, 0.3) is 0 Å². The lowest BCUT2D eigenvalue weighted by molar-refractivity contribution is 0.0225. The molecule has 2 rings (SSSR count). The van der Waals surface area contributed by atoms with Gasteiger partial charge in [-0.25, -0.2) is 0 Å². The normalized spacial score (nSPS) is 28.6. The van der Waals surface area contributed by atoms with E-state index in [2.05, 4.69) is 0 Å². The third kappa shape index (κ3) is 2.99. The van der Waals surface area contributed by atoms with E-state index >= 15 is 0 Å². The van der Waals surface area contributed by atoms with Crippen LogP contribution < -0.4 is 0 Å². The molecule has 4 heteroatoms. The Morgan fingerprint density at radius 2 is 2.18 bits per heavy atom. The van der Waals surface area contributed by atoms with Gasteiger partial charge in [-0.3, -0.25) is 0 Å². The van der Waals surface area contributed by atoms with Crippen molar-refractivity contribution in [3.05, 3.63) is 34.3 Å². The number of benzene rings is 1. The van der Waals surface area contributed by atoms with Crippen LogP contribution in [0.2, 0.25) is 5.02 Å². The van der Waals surface area contributed by atoms with Crippen molar-refractivity contribution in [1.82, 2.24) is 0 Å². The van der Waals surface area contributed by atoms with E-state index in [-0.39, 0.29) is 24.9 Å². The van der Waals surface area contributed by atoms with Gasteiger partial charge in [0.25, 0.3) is 0 Å². The minimum Gasteiger partial charge on any atom is -0.392 e. The van der Waals surface area contributed by atoms with Crippen LogP contribution in [0.15, 0.2) is 18.2 Å². The third-order valence-electron chi connectivity index (χ3n) is 3.24. The highest BCUT2D eigenvalue weighted by Gasteiger charge is 2.30. The van der Waals surface area contributed by atoms with Gasteiger partial charge in [-0.1, -0.05) is 17.7 Å². The fourth-order valence-corrected chi connectivity index (χ4v) is 2.42. The predicted molar refractivity (Wildman–Crippen MR) is 66.0 cm³/mol. The Morgan fingerprint density at radius 1 is 1.41 bits per heavy atom. The Balaban J connectivity index is 2.09. The van der Waals surface area contributed by atoms with Crippen molar-refractivity contribution < 1.29 is 14.9 Å². The van der Waals surface area contributed by atoms with Crippen LogP contribution in [-0.4, -0.2) is 28.5 Å². The second-order valence-electron chi connectivity index (χ2n) is 4.54. The van der Waals surface area contributed by atoms with Gasteiger partial charge in [-0.05, 0) is 36.6 Å². The highest BCUT2D eigenvalue weighted by atomic mass is 35.5. The molecule has 3 atom stereocenters. The Bertz CT molecular complexity index is 384. The molecule has 1 aromatic rings. The summed E-state index contributed by atoms with van der Waals surface area (Å²) in [6.45, 7) is 1.85. The van der Waals surface area contributed by atoms with Gasteiger partial charge in [0.1, 0.15) is 0 Å². The number of hydrogen-bond donors (Lipinski definition) is 2. The van der Waals surface area contributed by atoms with E-state index in [0.29, 0.717) is 17.9 Å². The molecule has 0 unspecified atom stereocenters. The van der Waals surface area contributed by atoms with Crippen molar-refractivity contribution in [2.75, 3.05) is 0 Å². The zero-order valence-corrected chi connectivity index (χ0v) is 10.5. The predicted octanol–water partition coefficient (Wildman–Crippen LogP) is 1.91. The zero-order valence-electron chi connectivity index (χ0n) is 9.77. The fraction of sp³-hybridized carbons (Fsp3) is 0.538. The summed E-state index contributed by atoms with van der Waals surface area (Å²) in [6.07, 6.45) is 0.879. The van der Waals surface area contributed by atoms with Gasteiger partial charge in [0.15, 0.2) is 0 Å². The summed E-state index contributed by atoms with van der Waals surface area (Å²) in [5, 5.41) is 19.5. The number of halogens is 1. The van der Waals surface area contributed by atoms with Gasteiger partial charge in [-0.2, -0.15) is 0 Å². The quantitative estimate of drug-likeness (QED) is 0.869. The van der Waals surface area contributed by atoms with Crippen LogP contribution in [0.3, 0.4) is 0 Å². The second-order valence-corrected chi connectivity index (χ2v) is 4.98. The maximum atomic E-state index is 9.62. The van der Waals surface area contributed by atoms with Gasteiger partial charge in [0, 0.05) is 11.4 Å². The lowest BCUT2D eigenvalue weighted by Gasteiger charge is -2.13. The van der Waals surface area contributed by atoms with Gasteiger partial charge >= 0.3 is 0 Å². The molecule has 2 N–H and O–H groups in total. The largest absolute Gasteiger partial charge is 0.392 e. The monoisotopic (exact) mass is 256 g/mol. The Morgan fingerprint density at radius 3 is 2.76 bits per heavy atom. The number of rotatable bonds is 3. The second kappa shape index (κ2) is 5.36. The first-order valence-electron chi connectivity index (χ1n) is 5.82. The number of aliphatic hydroxyl groups is 2.